The molecule has 3 atom stereocenters. The van der Waals surface area contributed by atoms with Crippen molar-refractivity contribution in [3.05, 3.63) is 106 Å². The highest BCUT2D eigenvalue weighted by atomic mass is 16.5. The second-order valence-electron chi connectivity index (χ2n) is 15.8. The van der Waals surface area contributed by atoms with Crippen LogP contribution in [0, 0.1) is 18.8 Å². The van der Waals surface area contributed by atoms with Crippen LogP contribution in [0.2, 0.25) is 0 Å². The molecule has 3 unspecified atom stereocenters. The number of aromatic nitrogens is 5. The van der Waals surface area contributed by atoms with E-state index >= 15 is 0 Å². The maximum absolute atomic E-state index is 13.2. The molecule has 2 bridgehead atoms. The fourth-order valence-corrected chi connectivity index (χ4v) is 8.91. The number of anilines is 1. The SMILES string of the molecule is Cc1cc(-c2cc3cccc(-c4cc5c(c(N6CC7CCC(C6)O7)n4)n(C)c(=O)n5C)c3cn2)cnc1C(=O)NCC#Cc1ccc2occ(C3CCC(=O)NC3=O)c2c1. The molecule has 2 aromatic carbocycles. The van der Waals surface area contributed by atoms with Crippen molar-refractivity contribution in [1.29, 1.82) is 0 Å². The van der Waals surface area contributed by atoms with Crippen molar-refractivity contribution in [1.82, 2.24) is 34.7 Å². The van der Waals surface area contributed by atoms with Gasteiger partial charge >= 0.3 is 5.69 Å². The van der Waals surface area contributed by atoms with E-state index in [4.69, 9.17) is 19.1 Å². The number of nitrogens with zero attached hydrogens (tertiary/aromatic N) is 6. The Balaban J connectivity index is 0.869. The molecule has 3 aliphatic heterocycles. The van der Waals surface area contributed by atoms with E-state index in [0.29, 0.717) is 28.8 Å². The van der Waals surface area contributed by atoms with Gasteiger partial charge in [0.15, 0.2) is 5.82 Å². The summed E-state index contributed by atoms with van der Waals surface area (Å²) in [5.41, 5.74) is 7.70. The van der Waals surface area contributed by atoms with Crippen LogP contribution in [0.3, 0.4) is 0 Å². The molecule has 10 rings (SSSR count). The van der Waals surface area contributed by atoms with Crippen LogP contribution in [0.1, 0.15) is 58.8 Å². The molecule has 3 fully saturated rings. The molecule has 300 valence electrons. The Morgan fingerprint density at radius 3 is 2.57 bits per heavy atom. The summed E-state index contributed by atoms with van der Waals surface area (Å²) >= 11 is 0. The number of amides is 3. The van der Waals surface area contributed by atoms with Crippen LogP contribution < -0.4 is 21.2 Å². The molecule has 2 N–H and O–H groups in total. The zero-order chi connectivity index (χ0) is 41.2. The lowest BCUT2D eigenvalue weighted by molar-refractivity contribution is -0.134. The van der Waals surface area contributed by atoms with Crippen molar-refractivity contribution in [2.45, 2.75) is 50.7 Å². The van der Waals surface area contributed by atoms with Crippen LogP contribution >= 0.6 is 0 Å². The Morgan fingerprint density at radius 1 is 0.933 bits per heavy atom. The molecule has 14 nitrogen and oxygen atoms in total. The van der Waals surface area contributed by atoms with Gasteiger partial charge in [0.2, 0.25) is 11.8 Å². The number of ether oxygens (including phenoxy) is 1. The molecular formula is C46H40N8O6. The van der Waals surface area contributed by atoms with Crippen molar-refractivity contribution in [2.24, 2.45) is 14.1 Å². The number of rotatable bonds is 6. The van der Waals surface area contributed by atoms with Crippen LogP contribution in [0.15, 0.2) is 82.5 Å². The number of pyridine rings is 3. The third-order valence-corrected chi connectivity index (χ3v) is 12.0. The monoisotopic (exact) mass is 800 g/mol. The summed E-state index contributed by atoms with van der Waals surface area (Å²) < 4.78 is 15.2. The van der Waals surface area contributed by atoms with E-state index in [-0.39, 0.29) is 54.3 Å². The third-order valence-electron chi connectivity index (χ3n) is 12.0. The number of hydrogen-bond donors (Lipinski definition) is 2. The van der Waals surface area contributed by atoms with E-state index in [2.05, 4.69) is 32.4 Å². The third kappa shape index (κ3) is 6.47. The Bertz CT molecular complexity index is 3070. The van der Waals surface area contributed by atoms with Crippen molar-refractivity contribution in [3.8, 4) is 34.4 Å². The van der Waals surface area contributed by atoms with Gasteiger partial charge in [0.1, 0.15) is 16.8 Å². The minimum absolute atomic E-state index is 0.0943. The normalized spacial score (nSPS) is 18.9. The van der Waals surface area contributed by atoms with E-state index in [1.165, 1.54) is 0 Å². The Hall–Kier alpha value is -7.11. The fourth-order valence-electron chi connectivity index (χ4n) is 8.91. The number of imidazole rings is 1. The number of carbonyl (C=O) groups is 3. The summed E-state index contributed by atoms with van der Waals surface area (Å²) in [5.74, 6) is 5.45. The average Bonchev–Trinajstić information content (AvgIpc) is 3.90. The highest BCUT2D eigenvalue weighted by molar-refractivity contribution is 6.03. The molecule has 0 spiro atoms. The molecular weight excluding hydrogens is 761 g/mol. The first-order chi connectivity index (χ1) is 29.1. The fraction of sp³-hybridized carbons (Fsp3) is 0.283. The lowest BCUT2D eigenvalue weighted by atomic mass is 9.90. The van der Waals surface area contributed by atoms with Gasteiger partial charge in [0, 0.05) is 79.0 Å². The smallest absolute Gasteiger partial charge is 0.328 e. The number of piperidine rings is 1. The maximum atomic E-state index is 13.2. The second-order valence-corrected chi connectivity index (χ2v) is 15.8. The standard InChI is InChI=1S/C46H40N8O6/c1-25-16-28(20-49-41(25)45(57)47-15-5-6-26-9-13-39-33(17-26)35(24-59-39)32-12-14-40(55)51-44(32)56)36-18-27-7-4-8-31(34(27)21-48-36)37-19-38-42(53(3)46(58)52(38)2)43(50-37)54-22-29-10-11-30(23-54)60-29/h4,7-9,13,16-21,24,29-30,32H,10-12,14-15,22-23H2,1-3H3,(H,47,57)(H,51,55,56). The molecule has 0 radical (unpaired) electrons. The van der Waals surface area contributed by atoms with E-state index < -0.39 is 5.92 Å². The van der Waals surface area contributed by atoms with Crippen molar-refractivity contribution in [3.63, 3.8) is 0 Å². The number of nitrogens with one attached hydrogen (secondary N) is 2. The summed E-state index contributed by atoms with van der Waals surface area (Å²) in [7, 11) is 3.60. The summed E-state index contributed by atoms with van der Waals surface area (Å²) in [6, 6.07) is 17.4. The van der Waals surface area contributed by atoms with Crippen molar-refractivity contribution in [2.75, 3.05) is 24.5 Å². The van der Waals surface area contributed by atoms with Gasteiger partial charge in [-0.25, -0.2) is 9.78 Å². The minimum atomic E-state index is -0.471. The highest BCUT2D eigenvalue weighted by Crippen LogP contribution is 2.37. The Kier molecular flexibility index (Phi) is 9.06. The minimum Gasteiger partial charge on any atom is -0.464 e. The van der Waals surface area contributed by atoms with Crippen molar-refractivity contribution >= 4 is 56.3 Å². The number of imide groups is 1. The predicted octanol–water partition coefficient (Wildman–Crippen LogP) is 5.27. The lowest BCUT2D eigenvalue weighted by Gasteiger charge is -2.33. The molecule has 14 heteroatoms. The molecule has 7 aromatic rings. The van der Waals surface area contributed by atoms with Crippen LogP contribution in [-0.2, 0) is 28.4 Å². The molecule has 0 saturated carbocycles. The molecule has 0 aliphatic carbocycles. The number of benzene rings is 2. The van der Waals surface area contributed by atoms with Crippen LogP contribution in [0.5, 0.6) is 0 Å². The van der Waals surface area contributed by atoms with Crippen molar-refractivity contribution < 1.29 is 23.5 Å². The Labute approximate surface area is 343 Å². The first-order valence-electron chi connectivity index (χ1n) is 20.0. The largest absolute Gasteiger partial charge is 0.464 e. The molecule has 3 saturated heterocycles. The van der Waals surface area contributed by atoms with E-state index in [1.54, 1.807) is 41.8 Å². The molecule has 3 amide bonds. The van der Waals surface area contributed by atoms with Gasteiger partial charge in [-0.1, -0.05) is 30.0 Å². The summed E-state index contributed by atoms with van der Waals surface area (Å²) in [6.07, 6.45) is 8.13. The summed E-state index contributed by atoms with van der Waals surface area (Å²) in [5, 5.41) is 7.89. The van der Waals surface area contributed by atoms with Crippen LogP contribution in [0.25, 0.3) is 55.3 Å². The van der Waals surface area contributed by atoms with Gasteiger partial charge in [-0.3, -0.25) is 38.8 Å². The van der Waals surface area contributed by atoms with Gasteiger partial charge < -0.3 is 19.4 Å². The number of morpholine rings is 1. The molecule has 5 aromatic heterocycles. The van der Waals surface area contributed by atoms with E-state index in [0.717, 1.165) is 81.3 Å². The Morgan fingerprint density at radius 2 is 1.77 bits per heavy atom. The van der Waals surface area contributed by atoms with Gasteiger partial charge in [0.25, 0.3) is 5.91 Å². The van der Waals surface area contributed by atoms with Gasteiger partial charge in [-0.2, -0.15) is 0 Å². The average molecular weight is 801 g/mol. The maximum Gasteiger partial charge on any atom is 0.328 e. The molecule has 8 heterocycles. The second kappa shape index (κ2) is 14.6. The number of furan rings is 1. The topological polar surface area (TPSA) is 166 Å². The first-order valence-corrected chi connectivity index (χ1v) is 20.0. The summed E-state index contributed by atoms with van der Waals surface area (Å²) in [6.45, 7) is 3.40. The predicted molar refractivity (Wildman–Crippen MR) is 225 cm³/mol. The van der Waals surface area contributed by atoms with Crippen LogP contribution in [-0.4, -0.2) is 73.6 Å². The number of aryl methyl sites for hydroxylation is 3. The van der Waals surface area contributed by atoms with Crippen LogP contribution in [0.4, 0.5) is 5.82 Å². The highest BCUT2D eigenvalue weighted by Gasteiger charge is 2.36. The number of fused-ring (bicyclic) bond motifs is 5. The number of hydrogen-bond acceptors (Lipinski definition) is 10. The van der Waals surface area contributed by atoms with Gasteiger partial charge in [0.05, 0.1) is 47.8 Å². The van der Waals surface area contributed by atoms with E-state index in [1.807, 2.05) is 61.7 Å². The zero-order valence-electron chi connectivity index (χ0n) is 33.2. The van der Waals surface area contributed by atoms with Gasteiger partial charge in [-0.05, 0) is 73.5 Å². The van der Waals surface area contributed by atoms with Gasteiger partial charge in [-0.15, -0.1) is 0 Å². The lowest BCUT2D eigenvalue weighted by Crippen LogP contribution is -2.43. The quantitative estimate of drug-likeness (QED) is 0.167. The number of carbonyl (C=O) groups excluding carboxylic acids is 3. The zero-order valence-corrected chi connectivity index (χ0v) is 33.2. The first kappa shape index (κ1) is 37.2. The molecule has 3 aliphatic rings. The summed E-state index contributed by atoms with van der Waals surface area (Å²) in [4.78, 5) is 67.4. The molecule has 60 heavy (non-hydrogen) atoms. The van der Waals surface area contributed by atoms with E-state index in [9.17, 15) is 19.2 Å².